The lowest BCUT2D eigenvalue weighted by molar-refractivity contribution is -0.119. The predicted molar refractivity (Wildman–Crippen MR) is 75.0 cm³/mol. The number of nitrogens with one attached hydrogen (secondary N) is 1. The fraction of sp³-hybridized carbons (Fsp3) is 0.286. The highest BCUT2D eigenvalue weighted by Crippen LogP contribution is 2.15. The molecule has 5 nitrogen and oxygen atoms in total. The average molecular weight is 258 g/mol. The number of amides is 1. The smallest absolute Gasteiger partial charge is 0.228 e. The summed E-state index contributed by atoms with van der Waals surface area (Å²) in [7, 11) is 0. The van der Waals surface area contributed by atoms with Crippen molar-refractivity contribution in [2.75, 3.05) is 11.9 Å². The zero-order chi connectivity index (χ0) is 13.7. The first-order valence-electron chi connectivity index (χ1n) is 6.34. The second-order valence-corrected chi connectivity index (χ2v) is 4.35. The summed E-state index contributed by atoms with van der Waals surface area (Å²) in [4.78, 5) is 16.0. The minimum absolute atomic E-state index is 0.0345. The van der Waals surface area contributed by atoms with Gasteiger partial charge in [0, 0.05) is 30.3 Å². The minimum atomic E-state index is -0.142. The summed E-state index contributed by atoms with van der Waals surface area (Å²) in [6, 6.07) is 7.62. The molecule has 0 aliphatic carbocycles. The second-order valence-electron chi connectivity index (χ2n) is 4.35. The van der Waals surface area contributed by atoms with Crippen molar-refractivity contribution in [1.82, 2.24) is 9.55 Å². The zero-order valence-corrected chi connectivity index (χ0v) is 10.9. The molecule has 19 heavy (non-hydrogen) atoms. The number of anilines is 1. The van der Waals surface area contributed by atoms with E-state index < -0.39 is 0 Å². The van der Waals surface area contributed by atoms with Gasteiger partial charge in [0.05, 0.1) is 12.2 Å². The molecular weight excluding hydrogens is 240 g/mol. The quantitative estimate of drug-likeness (QED) is 0.858. The van der Waals surface area contributed by atoms with Gasteiger partial charge in [0.15, 0.2) is 0 Å². The topological polar surface area (TPSA) is 72.9 Å². The Bertz CT molecular complexity index is 532. The molecule has 2 rings (SSSR count). The van der Waals surface area contributed by atoms with Crippen molar-refractivity contribution in [3.63, 3.8) is 0 Å². The Hall–Kier alpha value is -2.14. The number of hydrogen-bond acceptors (Lipinski definition) is 3. The van der Waals surface area contributed by atoms with Crippen LogP contribution < -0.4 is 11.1 Å². The van der Waals surface area contributed by atoms with Crippen LogP contribution in [0.4, 0.5) is 5.69 Å². The van der Waals surface area contributed by atoms with Gasteiger partial charge < -0.3 is 15.6 Å². The monoisotopic (exact) mass is 258 g/mol. The van der Waals surface area contributed by atoms with Gasteiger partial charge in [-0.15, -0.1) is 0 Å². The van der Waals surface area contributed by atoms with E-state index >= 15 is 0 Å². The first kappa shape index (κ1) is 13.3. The van der Waals surface area contributed by atoms with Crippen LogP contribution in [0, 0.1) is 5.92 Å². The third kappa shape index (κ3) is 3.20. The van der Waals surface area contributed by atoms with Gasteiger partial charge >= 0.3 is 0 Å². The standard InChI is InChI=1S/C14H18N4O/c1-2-11(9-15)14(19)17-12-4-3-5-13(8-12)18-7-6-16-10-18/h3-8,10-11H,2,9,15H2,1H3,(H,17,19). The molecule has 1 heterocycles. The molecule has 1 amide bonds. The Morgan fingerprint density at radius 1 is 1.53 bits per heavy atom. The molecule has 0 saturated carbocycles. The molecule has 0 aliphatic heterocycles. The molecule has 1 aromatic heterocycles. The van der Waals surface area contributed by atoms with E-state index in [1.807, 2.05) is 42.0 Å². The summed E-state index contributed by atoms with van der Waals surface area (Å²) in [5.74, 6) is -0.176. The molecule has 1 unspecified atom stereocenters. The van der Waals surface area contributed by atoms with Crippen molar-refractivity contribution in [3.05, 3.63) is 43.0 Å². The lowest BCUT2D eigenvalue weighted by Gasteiger charge is -2.13. The maximum absolute atomic E-state index is 12.0. The lowest BCUT2D eigenvalue weighted by atomic mass is 10.1. The maximum Gasteiger partial charge on any atom is 0.228 e. The molecule has 0 bridgehead atoms. The fourth-order valence-electron chi connectivity index (χ4n) is 1.86. The van der Waals surface area contributed by atoms with Crippen LogP contribution in [0.1, 0.15) is 13.3 Å². The third-order valence-corrected chi connectivity index (χ3v) is 3.06. The molecule has 0 saturated heterocycles. The van der Waals surface area contributed by atoms with E-state index in [1.54, 1.807) is 12.5 Å². The SMILES string of the molecule is CCC(CN)C(=O)Nc1cccc(-n2ccnc2)c1. The number of benzene rings is 1. The molecule has 0 fully saturated rings. The van der Waals surface area contributed by atoms with E-state index in [9.17, 15) is 4.79 Å². The highest BCUT2D eigenvalue weighted by Gasteiger charge is 2.14. The summed E-state index contributed by atoms with van der Waals surface area (Å²) in [5, 5.41) is 2.89. The van der Waals surface area contributed by atoms with E-state index in [-0.39, 0.29) is 11.8 Å². The number of aromatic nitrogens is 2. The number of carbonyl (C=O) groups excluding carboxylic acids is 1. The Morgan fingerprint density at radius 2 is 2.37 bits per heavy atom. The number of nitrogens with zero attached hydrogens (tertiary/aromatic N) is 2. The Balaban J connectivity index is 2.14. The van der Waals surface area contributed by atoms with E-state index in [2.05, 4.69) is 10.3 Å². The molecule has 0 radical (unpaired) electrons. The summed E-state index contributed by atoms with van der Waals surface area (Å²) >= 11 is 0. The van der Waals surface area contributed by atoms with E-state index in [1.165, 1.54) is 0 Å². The predicted octanol–water partition coefficient (Wildman–Crippen LogP) is 1.80. The molecule has 1 atom stereocenters. The molecule has 0 spiro atoms. The van der Waals surface area contributed by atoms with Crippen molar-refractivity contribution in [2.24, 2.45) is 11.7 Å². The molecule has 100 valence electrons. The van der Waals surface area contributed by atoms with Gasteiger partial charge in [-0.3, -0.25) is 4.79 Å². The van der Waals surface area contributed by atoms with Crippen LogP contribution in [-0.2, 0) is 4.79 Å². The van der Waals surface area contributed by atoms with Crippen molar-refractivity contribution >= 4 is 11.6 Å². The minimum Gasteiger partial charge on any atom is -0.330 e. The van der Waals surface area contributed by atoms with Gasteiger partial charge in [-0.05, 0) is 24.6 Å². The fourth-order valence-corrected chi connectivity index (χ4v) is 1.86. The largest absolute Gasteiger partial charge is 0.330 e. The Kier molecular flexibility index (Phi) is 4.30. The van der Waals surface area contributed by atoms with Crippen LogP contribution >= 0.6 is 0 Å². The number of nitrogens with two attached hydrogens (primary N) is 1. The normalized spacial score (nSPS) is 12.1. The summed E-state index contributed by atoms with van der Waals surface area (Å²) in [6.45, 7) is 2.32. The Morgan fingerprint density at radius 3 is 3.00 bits per heavy atom. The zero-order valence-electron chi connectivity index (χ0n) is 10.9. The molecular formula is C14H18N4O. The second kappa shape index (κ2) is 6.15. The van der Waals surface area contributed by atoms with Crippen LogP contribution in [0.3, 0.4) is 0 Å². The van der Waals surface area contributed by atoms with Crippen molar-refractivity contribution < 1.29 is 4.79 Å². The van der Waals surface area contributed by atoms with Gasteiger partial charge in [-0.25, -0.2) is 4.98 Å². The molecule has 1 aromatic carbocycles. The number of hydrogen-bond donors (Lipinski definition) is 2. The molecule has 3 N–H and O–H groups in total. The van der Waals surface area contributed by atoms with Crippen LogP contribution in [0.2, 0.25) is 0 Å². The van der Waals surface area contributed by atoms with Gasteiger partial charge in [-0.2, -0.15) is 0 Å². The van der Waals surface area contributed by atoms with Crippen LogP contribution in [0.25, 0.3) is 5.69 Å². The first-order valence-corrected chi connectivity index (χ1v) is 6.34. The van der Waals surface area contributed by atoms with Crippen LogP contribution in [0.15, 0.2) is 43.0 Å². The maximum atomic E-state index is 12.0. The van der Waals surface area contributed by atoms with E-state index in [0.717, 1.165) is 17.8 Å². The molecule has 0 aliphatic rings. The van der Waals surface area contributed by atoms with Crippen molar-refractivity contribution in [3.8, 4) is 5.69 Å². The van der Waals surface area contributed by atoms with Gasteiger partial charge in [-0.1, -0.05) is 13.0 Å². The highest BCUT2D eigenvalue weighted by molar-refractivity contribution is 5.92. The molecule has 5 heteroatoms. The van der Waals surface area contributed by atoms with Crippen LogP contribution in [0.5, 0.6) is 0 Å². The van der Waals surface area contributed by atoms with Crippen molar-refractivity contribution in [1.29, 1.82) is 0 Å². The summed E-state index contributed by atoms with van der Waals surface area (Å²) < 4.78 is 1.88. The molecule has 2 aromatic rings. The first-order chi connectivity index (χ1) is 9.24. The average Bonchev–Trinajstić information content (AvgIpc) is 2.94. The van der Waals surface area contributed by atoms with Gasteiger partial charge in [0.2, 0.25) is 5.91 Å². The number of carbonyl (C=O) groups is 1. The van der Waals surface area contributed by atoms with E-state index in [0.29, 0.717) is 6.54 Å². The van der Waals surface area contributed by atoms with Gasteiger partial charge in [0.25, 0.3) is 0 Å². The van der Waals surface area contributed by atoms with Gasteiger partial charge in [0.1, 0.15) is 0 Å². The summed E-state index contributed by atoms with van der Waals surface area (Å²) in [6.07, 6.45) is 6.03. The van der Waals surface area contributed by atoms with Crippen molar-refractivity contribution in [2.45, 2.75) is 13.3 Å². The van der Waals surface area contributed by atoms with E-state index in [4.69, 9.17) is 5.73 Å². The highest BCUT2D eigenvalue weighted by atomic mass is 16.1. The Labute approximate surface area is 112 Å². The van der Waals surface area contributed by atoms with Crippen LogP contribution in [-0.4, -0.2) is 22.0 Å². The summed E-state index contributed by atoms with van der Waals surface area (Å²) in [5.41, 5.74) is 7.29. The number of imidazole rings is 1. The number of rotatable bonds is 5. The third-order valence-electron chi connectivity index (χ3n) is 3.06. The lowest BCUT2D eigenvalue weighted by Crippen LogP contribution is -2.28.